The van der Waals surface area contributed by atoms with Gasteiger partial charge in [-0.2, -0.15) is 5.10 Å². The molecule has 0 aliphatic carbocycles. The Bertz CT molecular complexity index is 501. The third kappa shape index (κ3) is 2.52. The van der Waals surface area contributed by atoms with Crippen LogP contribution < -0.4 is 5.32 Å². The van der Waals surface area contributed by atoms with Crippen LogP contribution in [0.4, 0.5) is 0 Å². The third-order valence-electron chi connectivity index (χ3n) is 3.52. The lowest BCUT2D eigenvalue weighted by atomic mass is 10.3. The zero-order chi connectivity index (χ0) is 12.2. The van der Waals surface area contributed by atoms with Crippen molar-refractivity contribution in [3.63, 3.8) is 0 Å². The molecular weight excluding hydrogens is 226 g/mol. The number of fused-ring (bicyclic) bond motifs is 1. The van der Waals surface area contributed by atoms with E-state index < -0.39 is 0 Å². The lowest BCUT2D eigenvalue weighted by Crippen LogP contribution is -2.29. The molecular formula is C13H19N5. The molecule has 1 fully saturated rings. The van der Waals surface area contributed by atoms with Crippen molar-refractivity contribution in [2.24, 2.45) is 0 Å². The van der Waals surface area contributed by atoms with Crippen molar-refractivity contribution in [2.75, 3.05) is 26.2 Å². The molecule has 1 aliphatic heterocycles. The summed E-state index contributed by atoms with van der Waals surface area (Å²) in [7, 11) is 0. The molecule has 0 amide bonds. The van der Waals surface area contributed by atoms with Crippen LogP contribution in [0.15, 0.2) is 24.8 Å². The maximum Gasteiger partial charge on any atom is 0.0889 e. The van der Waals surface area contributed by atoms with Crippen molar-refractivity contribution < 1.29 is 0 Å². The molecule has 0 unspecified atom stereocenters. The molecule has 1 N–H and O–H groups in total. The fourth-order valence-corrected chi connectivity index (χ4v) is 2.49. The molecule has 18 heavy (non-hydrogen) atoms. The normalized spacial score (nSPS) is 16.7. The first-order valence-electron chi connectivity index (χ1n) is 6.63. The molecule has 2 aromatic rings. The van der Waals surface area contributed by atoms with E-state index in [4.69, 9.17) is 0 Å². The molecule has 5 heteroatoms. The number of hydrogen-bond donors (Lipinski definition) is 1. The SMILES string of the molecule is c1cn2ncc(CNCCN3CCCC3)c2cn1. The molecule has 96 valence electrons. The summed E-state index contributed by atoms with van der Waals surface area (Å²) in [5, 5.41) is 7.79. The standard InChI is InChI=1S/C13H19N5/c1-2-6-17(5-1)7-3-14-9-12-10-16-18-8-4-15-11-13(12)18/h4,8,10-11,14H,1-3,5-7,9H2. The summed E-state index contributed by atoms with van der Waals surface area (Å²) < 4.78 is 1.87. The van der Waals surface area contributed by atoms with Crippen LogP contribution in [0.2, 0.25) is 0 Å². The summed E-state index contributed by atoms with van der Waals surface area (Å²) in [5.74, 6) is 0. The molecule has 1 aliphatic rings. The van der Waals surface area contributed by atoms with Crippen molar-refractivity contribution >= 4 is 5.52 Å². The summed E-state index contributed by atoms with van der Waals surface area (Å²) in [6, 6.07) is 0. The maximum absolute atomic E-state index is 4.30. The molecule has 2 aromatic heterocycles. The summed E-state index contributed by atoms with van der Waals surface area (Å²) >= 11 is 0. The summed E-state index contributed by atoms with van der Waals surface area (Å²) in [5.41, 5.74) is 2.30. The molecule has 0 spiro atoms. The van der Waals surface area contributed by atoms with Crippen LogP contribution in [0.3, 0.4) is 0 Å². The van der Waals surface area contributed by atoms with Gasteiger partial charge < -0.3 is 10.2 Å². The Kier molecular flexibility index (Phi) is 3.52. The first kappa shape index (κ1) is 11.6. The fourth-order valence-electron chi connectivity index (χ4n) is 2.49. The molecule has 3 heterocycles. The Balaban J connectivity index is 1.50. The lowest BCUT2D eigenvalue weighted by Gasteiger charge is -2.14. The van der Waals surface area contributed by atoms with Crippen molar-refractivity contribution in [2.45, 2.75) is 19.4 Å². The Morgan fingerprint density at radius 3 is 3.00 bits per heavy atom. The largest absolute Gasteiger partial charge is 0.311 e. The van der Waals surface area contributed by atoms with Crippen molar-refractivity contribution in [1.82, 2.24) is 24.8 Å². The van der Waals surface area contributed by atoms with Crippen LogP contribution in [-0.4, -0.2) is 45.7 Å². The minimum atomic E-state index is 0.864. The van der Waals surface area contributed by atoms with E-state index in [2.05, 4.69) is 20.3 Å². The van der Waals surface area contributed by atoms with E-state index in [0.717, 1.165) is 25.2 Å². The van der Waals surface area contributed by atoms with Crippen LogP contribution in [0.25, 0.3) is 5.52 Å². The summed E-state index contributed by atoms with van der Waals surface area (Å²) in [6.45, 7) is 5.59. The number of likely N-dealkylation sites (tertiary alicyclic amines) is 1. The second-order valence-corrected chi connectivity index (χ2v) is 4.80. The Hall–Kier alpha value is -1.46. The zero-order valence-corrected chi connectivity index (χ0v) is 10.5. The molecule has 0 atom stereocenters. The Labute approximate surface area is 107 Å². The molecule has 3 rings (SSSR count). The van der Waals surface area contributed by atoms with Gasteiger partial charge in [0, 0.05) is 37.6 Å². The molecule has 0 bridgehead atoms. The van der Waals surface area contributed by atoms with Crippen LogP contribution in [-0.2, 0) is 6.54 Å². The zero-order valence-electron chi connectivity index (χ0n) is 10.5. The van der Waals surface area contributed by atoms with Gasteiger partial charge in [-0.1, -0.05) is 0 Å². The van der Waals surface area contributed by atoms with E-state index in [1.165, 1.54) is 31.5 Å². The van der Waals surface area contributed by atoms with E-state index >= 15 is 0 Å². The predicted octanol–water partition coefficient (Wildman–Crippen LogP) is 0.915. The van der Waals surface area contributed by atoms with E-state index in [1.807, 2.05) is 23.1 Å². The average Bonchev–Trinajstić information content (AvgIpc) is 3.04. The minimum absolute atomic E-state index is 0.864. The molecule has 5 nitrogen and oxygen atoms in total. The monoisotopic (exact) mass is 245 g/mol. The first-order valence-corrected chi connectivity index (χ1v) is 6.63. The van der Waals surface area contributed by atoms with Gasteiger partial charge >= 0.3 is 0 Å². The van der Waals surface area contributed by atoms with E-state index in [-0.39, 0.29) is 0 Å². The van der Waals surface area contributed by atoms with Crippen LogP contribution >= 0.6 is 0 Å². The third-order valence-corrected chi connectivity index (χ3v) is 3.52. The summed E-state index contributed by atoms with van der Waals surface area (Å²) in [4.78, 5) is 6.66. The van der Waals surface area contributed by atoms with E-state index in [0.29, 0.717) is 0 Å². The second-order valence-electron chi connectivity index (χ2n) is 4.80. The smallest absolute Gasteiger partial charge is 0.0889 e. The van der Waals surface area contributed by atoms with Crippen molar-refractivity contribution in [3.8, 4) is 0 Å². The predicted molar refractivity (Wildman–Crippen MR) is 70.4 cm³/mol. The molecule has 0 saturated carbocycles. The highest BCUT2D eigenvalue weighted by Crippen LogP contribution is 2.08. The Morgan fingerprint density at radius 2 is 2.11 bits per heavy atom. The average molecular weight is 245 g/mol. The maximum atomic E-state index is 4.30. The van der Waals surface area contributed by atoms with Crippen molar-refractivity contribution in [3.05, 3.63) is 30.4 Å². The quantitative estimate of drug-likeness (QED) is 0.796. The van der Waals surface area contributed by atoms with E-state index in [1.54, 1.807) is 6.20 Å². The molecule has 0 aromatic carbocycles. The number of hydrogen-bond acceptors (Lipinski definition) is 4. The van der Waals surface area contributed by atoms with Gasteiger partial charge in [0.15, 0.2) is 0 Å². The highest BCUT2D eigenvalue weighted by molar-refractivity contribution is 5.51. The minimum Gasteiger partial charge on any atom is -0.311 e. The summed E-state index contributed by atoms with van der Waals surface area (Å²) in [6.07, 6.45) is 10.1. The number of nitrogens with one attached hydrogen (secondary N) is 1. The number of nitrogens with zero attached hydrogens (tertiary/aromatic N) is 4. The topological polar surface area (TPSA) is 45.5 Å². The second kappa shape index (κ2) is 5.46. The fraction of sp³-hybridized carbons (Fsp3) is 0.538. The van der Waals surface area contributed by atoms with Gasteiger partial charge in [-0.15, -0.1) is 0 Å². The van der Waals surface area contributed by atoms with Gasteiger partial charge in [-0.3, -0.25) is 4.98 Å². The number of rotatable bonds is 5. The van der Waals surface area contributed by atoms with Gasteiger partial charge in [-0.25, -0.2) is 4.52 Å². The van der Waals surface area contributed by atoms with Crippen LogP contribution in [0.1, 0.15) is 18.4 Å². The number of aromatic nitrogens is 3. The molecule has 0 radical (unpaired) electrons. The Morgan fingerprint density at radius 1 is 1.22 bits per heavy atom. The van der Waals surface area contributed by atoms with Gasteiger partial charge in [0.2, 0.25) is 0 Å². The van der Waals surface area contributed by atoms with E-state index in [9.17, 15) is 0 Å². The lowest BCUT2D eigenvalue weighted by molar-refractivity contribution is 0.336. The van der Waals surface area contributed by atoms with Gasteiger partial charge in [0.1, 0.15) is 0 Å². The van der Waals surface area contributed by atoms with Crippen LogP contribution in [0.5, 0.6) is 0 Å². The van der Waals surface area contributed by atoms with Crippen LogP contribution in [0, 0.1) is 0 Å². The van der Waals surface area contributed by atoms with Gasteiger partial charge in [-0.05, 0) is 25.9 Å². The first-order chi connectivity index (χ1) is 8.93. The highest BCUT2D eigenvalue weighted by atomic mass is 15.2. The molecule has 1 saturated heterocycles. The van der Waals surface area contributed by atoms with Gasteiger partial charge in [0.25, 0.3) is 0 Å². The highest BCUT2D eigenvalue weighted by Gasteiger charge is 2.10. The van der Waals surface area contributed by atoms with Gasteiger partial charge in [0.05, 0.1) is 17.9 Å². The van der Waals surface area contributed by atoms with Crippen molar-refractivity contribution in [1.29, 1.82) is 0 Å².